The van der Waals surface area contributed by atoms with Crippen molar-refractivity contribution in [3.63, 3.8) is 0 Å². The number of carbonyl (C=O) groups is 6. The molecule has 18 nitrogen and oxygen atoms in total. The topological polar surface area (TPSA) is 231 Å². The highest BCUT2D eigenvalue weighted by Crippen LogP contribution is 2.43. The Labute approximate surface area is 471 Å². The van der Waals surface area contributed by atoms with Crippen LogP contribution in [0.4, 0.5) is 22.7 Å². The molecule has 0 bridgehead atoms. The summed E-state index contributed by atoms with van der Waals surface area (Å²) in [5.74, 6) is -0.930. The van der Waals surface area contributed by atoms with Crippen LogP contribution in [0.1, 0.15) is 93.6 Å². The Morgan fingerprint density at radius 2 is 1.48 bits per heavy atom. The van der Waals surface area contributed by atoms with Crippen LogP contribution in [-0.4, -0.2) is 108 Å². The van der Waals surface area contributed by atoms with Crippen LogP contribution in [0.2, 0.25) is 0 Å². The summed E-state index contributed by atoms with van der Waals surface area (Å²) in [6, 6.07) is 28.6. The number of methoxy groups -OCH3 is 1. The third kappa shape index (κ3) is 12.2. The van der Waals surface area contributed by atoms with Gasteiger partial charge >= 0.3 is 0 Å². The lowest BCUT2D eigenvalue weighted by Crippen LogP contribution is -2.44. The second kappa shape index (κ2) is 23.3. The molecule has 5 aliphatic rings. The summed E-state index contributed by atoms with van der Waals surface area (Å²) < 4.78 is 52.6. The number of para-hydroxylation sites is 2. The van der Waals surface area contributed by atoms with Crippen LogP contribution >= 0.6 is 21.6 Å². The van der Waals surface area contributed by atoms with Gasteiger partial charge in [-0.05, 0) is 135 Å². The number of imide groups is 1. The molecule has 0 fully saturated rings. The van der Waals surface area contributed by atoms with Crippen molar-refractivity contribution in [2.45, 2.75) is 101 Å². The number of nitrogens with one attached hydrogen (secondary N) is 2. The third-order valence-electron chi connectivity index (χ3n) is 14.8. The molecule has 3 atom stereocenters. The van der Waals surface area contributed by atoms with Gasteiger partial charge in [-0.1, -0.05) is 58.0 Å². The van der Waals surface area contributed by atoms with E-state index in [1.165, 1.54) is 28.7 Å². The van der Waals surface area contributed by atoms with Gasteiger partial charge in [-0.25, -0.2) is 0 Å². The number of hydrogen-bond donors (Lipinski definition) is 3. The van der Waals surface area contributed by atoms with Crippen LogP contribution in [0.15, 0.2) is 108 Å². The van der Waals surface area contributed by atoms with Crippen molar-refractivity contribution in [3.05, 3.63) is 148 Å². The van der Waals surface area contributed by atoms with Crippen LogP contribution < -0.4 is 34.6 Å². The second-order valence-corrected chi connectivity index (χ2v) is 25.6. The van der Waals surface area contributed by atoms with E-state index < -0.39 is 37.8 Å². The zero-order valence-corrected chi connectivity index (χ0v) is 47.0. The first-order chi connectivity index (χ1) is 38.3. The normalized spacial score (nSPS) is 17.4. The maximum atomic E-state index is 14.2. The van der Waals surface area contributed by atoms with E-state index in [-0.39, 0.29) is 74.7 Å². The highest BCUT2D eigenvalue weighted by Gasteiger charge is 2.39. The lowest BCUT2D eigenvalue weighted by Gasteiger charge is -2.23. The molecule has 6 amide bonds. The summed E-state index contributed by atoms with van der Waals surface area (Å²) in [4.78, 5) is 87.9. The van der Waals surface area contributed by atoms with Gasteiger partial charge in [-0.2, -0.15) is 8.42 Å². The Balaban J connectivity index is 0.812. The molecule has 5 aromatic rings. The number of fused-ring (bicyclic) bond motifs is 8. The predicted octanol–water partition coefficient (Wildman–Crippen LogP) is 8.53. The molecule has 5 aromatic carbocycles. The average Bonchev–Trinajstić information content (AvgIpc) is 4.05. The van der Waals surface area contributed by atoms with E-state index in [1.54, 1.807) is 17.0 Å². The zero-order valence-electron chi connectivity index (χ0n) is 44.6. The maximum absolute atomic E-state index is 14.2. The predicted molar refractivity (Wildman–Crippen MR) is 308 cm³/mol. The van der Waals surface area contributed by atoms with E-state index in [0.29, 0.717) is 70.1 Å². The molecular formula is C59H60N6O12S3. The first-order valence-electron chi connectivity index (χ1n) is 26.3. The molecule has 5 heterocycles. The van der Waals surface area contributed by atoms with Gasteiger partial charge in [0, 0.05) is 89.5 Å². The number of benzene rings is 5. The van der Waals surface area contributed by atoms with Crippen LogP contribution in [0.3, 0.4) is 0 Å². The fraction of sp³-hybridized carbons (Fsp3) is 0.339. The van der Waals surface area contributed by atoms with Gasteiger partial charge in [0.15, 0.2) is 16.7 Å². The van der Waals surface area contributed by atoms with Crippen molar-refractivity contribution in [2.24, 2.45) is 4.99 Å². The quantitative estimate of drug-likeness (QED) is 0.0271. The number of anilines is 3. The number of nitrogens with zero attached hydrogens (tertiary/aromatic N) is 4. The summed E-state index contributed by atoms with van der Waals surface area (Å²) in [6.45, 7) is 5.57. The molecule has 10 rings (SSSR count). The van der Waals surface area contributed by atoms with E-state index in [4.69, 9.17) is 19.2 Å². The monoisotopic (exact) mass is 1140 g/mol. The van der Waals surface area contributed by atoms with Crippen LogP contribution in [0, 0.1) is 6.92 Å². The fourth-order valence-electron chi connectivity index (χ4n) is 10.7. The summed E-state index contributed by atoms with van der Waals surface area (Å²) in [6.07, 6.45) is 7.26. The van der Waals surface area contributed by atoms with Crippen molar-refractivity contribution < 1.29 is 55.9 Å². The largest absolute Gasteiger partial charge is 0.493 e. The molecule has 0 saturated carbocycles. The van der Waals surface area contributed by atoms with Gasteiger partial charge < -0.3 is 29.7 Å². The smallest absolute Gasteiger partial charge is 0.276 e. The SMILES string of the molecule is COc1cc2c(cc1OCc1cc(COc3cc4c(cc3C)C(=O)N3c5ccccc5C[C@H]3C=N4)cc(NC(=O)CCC(C)(C)SSCCC(C(=O)NCCN3C(=O)C=CC3=O)S(=O)(=O)O)c1)CC[C@@H]1Cc3ccccc3N1C2=O. The van der Waals surface area contributed by atoms with E-state index >= 15 is 0 Å². The second-order valence-electron chi connectivity index (χ2n) is 20.9. The number of hydrogen-bond acceptors (Lipinski definition) is 14. The Morgan fingerprint density at radius 1 is 0.812 bits per heavy atom. The van der Waals surface area contributed by atoms with Gasteiger partial charge in [0.2, 0.25) is 11.8 Å². The Hall–Kier alpha value is -7.46. The van der Waals surface area contributed by atoms with Crippen molar-refractivity contribution in [1.82, 2.24) is 10.2 Å². The number of carbonyl (C=O) groups excluding carboxylic acids is 6. The minimum atomic E-state index is -4.78. The first-order valence-corrected chi connectivity index (χ1v) is 30.2. The van der Waals surface area contributed by atoms with Gasteiger partial charge in [-0.15, -0.1) is 0 Å². The molecule has 0 aliphatic carbocycles. The molecule has 0 aromatic heterocycles. The van der Waals surface area contributed by atoms with Crippen LogP contribution in [0.25, 0.3) is 0 Å². The lowest BCUT2D eigenvalue weighted by molar-refractivity contribution is -0.137. The van der Waals surface area contributed by atoms with Crippen molar-refractivity contribution in [2.75, 3.05) is 41.1 Å². The minimum absolute atomic E-state index is 0.0480. The zero-order chi connectivity index (χ0) is 56.5. The Morgan fingerprint density at radius 3 is 2.17 bits per heavy atom. The number of ether oxygens (including phenoxy) is 3. The maximum Gasteiger partial charge on any atom is 0.276 e. The van der Waals surface area contributed by atoms with Crippen LogP contribution in [0.5, 0.6) is 17.2 Å². The molecule has 3 N–H and O–H groups in total. The van der Waals surface area contributed by atoms with Crippen molar-refractivity contribution in [1.29, 1.82) is 0 Å². The first kappa shape index (κ1) is 55.8. The third-order valence-corrected chi connectivity index (χ3v) is 19.4. The van der Waals surface area contributed by atoms with Crippen molar-refractivity contribution >= 4 is 96.1 Å². The number of amides is 6. The Bertz CT molecular complexity index is 3490. The highest BCUT2D eigenvalue weighted by molar-refractivity contribution is 8.77. The summed E-state index contributed by atoms with van der Waals surface area (Å²) >= 11 is 0. The fourth-order valence-corrected chi connectivity index (χ4v) is 14.3. The summed E-state index contributed by atoms with van der Waals surface area (Å²) in [5.41, 5.74) is 9.16. The van der Waals surface area contributed by atoms with E-state index in [2.05, 4.69) is 16.7 Å². The molecule has 416 valence electrons. The van der Waals surface area contributed by atoms with Crippen molar-refractivity contribution in [3.8, 4) is 17.2 Å². The van der Waals surface area contributed by atoms with E-state index in [1.807, 2.05) is 105 Å². The number of aliphatic imine (C=N–C) groups is 1. The molecule has 0 spiro atoms. The Kier molecular flexibility index (Phi) is 16.3. The average molecular weight is 1140 g/mol. The molecular weight excluding hydrogens is 1080 g/mol. The summed E-state index contributed by atoms with van der Waals surface area (Å²) in [5, 5.41) is 3.69. The standard InChI is InChI=1S/C59H60N6O12S3/c1-35-23-45-46(61-32-43-28-40-10-6-8-12-48(40)65(43)58(45)71)31-49(35)76-33-36-24-37(34-77-51-29-38-13-14-42-27-39-9-5-7-11-47(39)64(42)57(70)44(38)30-50(51)75-4)26-41(25-36)62-53(66)17-19-59(2,3)79-78-22-18-52(80(72,73)74)56(69)60-20-21-63-54(67)15-16-55(63)68/h5-12,15-16,23-26,29-32,42-43,52H,13-14,17-22,27-28,33-34H2,1-4H3,(H,60,69)(H,62,66)(H,72,73,74)/t42-,43+,52?/m1/s1. The minimum Gasteiger partial charge on any atom is -0.493 e. The molecule has 0 radical (unpaired) electrons. The molecule has 5 aliphatic heterocycles. The number of rotatable bonds is 21. The highest BCUT2D eigenvalue weighted by atomic mass is 33.1. The summed E-state index contributed by atoms with van der Waals surface area (Å²) in [7, 11) is -0.532. The lowest BCUT2D eigenvalue weighted by atomic mass is 9.99. The van der Waals surface area contributed by atoms with Gasteiger partial charge in [0.25, 0.3) is 33.7 Å². The molecule has 21 heteroatoms. The molecule has 1 unspecified atom stereocenters. The van der Waals surface area contributed by atoms with Gasteiger partial charge in [0.1, 0.15) is 19.0 Å². The number of aryl methyl sites for hydroxylation is 2. The van der Waals surface area contributed by atoms with Gasteiger partial charge in [0.05, 0.1) is 24.4 Å². The van der Waals surface area contributed by atoms with Crippen LogP contribution in [-0.2, 0) is 61.8 Å². The van der Waals surface area contributed by atoms with E-state index in [9.17, 15) is 41.7 Å². The van der Waals surface area contributed by atoms with E-state index in [0.717, 1.165) is 63.5 Å². The molecule has 0 saturated heterocycles. The molecule has 80 heavy (non-hydrogen) atoms. The van der Waals surface area contributed by atoms with Gasteiger partial charge in [-0.3, -0.25) is 48.1 Å².